The Morgan fingerprint density at radius 2 is 1.96 bits per heavy atom. The van der Waals surface area contributed by atoms with Gasteiger partial charge < -0.3 is 24.3 Å². The van der Waals surface area contributed by atoms with E-state index in [4.69, 9.17) is 9.15 Å². The summed E-state index contributed by atoms with van der Waals surface area (Å²) < 4.78 is 10.4. The smallest absolute Gasteiger partial charge is 0.255 e. The van der Waals surface area contributed by atoms with Crippen molar-refractivity contribution >= 4 is 17.7 Å². The van der Waals surface area contributed by atoms with Crippen molar-refractivity contribution in [3.8, 4) is 0 Å². The van der Waals surface area contributed by atoms with Crippen molar-refractivity contribution in [1.29, 1.82) is 0 Å². The van der Waals surface area contributed by atoms with E-state index in [0.717, 1.165) is 0 Å². The van der Waals surface area contributed by atoms with Crippen LogP contribution in [0.3, 0.4) is 0 Å². The molecule has 1 aromatic rings. The number of likely N-dealkylation sites (N-methyl/N-ethyl adjacent to an activating group) is 1. The Labute approximate surface area is 159 Å². The summed E-state index contributed by atoms with van der Waals surface area (Å²) >= 11 is 0. The molecule has 2 atom stereocenters. The van der Waals surface area contributed by atoms with Gasteiger partial charge in [-0.25, -0.2) is 0 Å². The number of hydrogen-bond acceptors (Lipinski definition) is 5. The van der Waals surface area contributed by atoms with E-state index in [2.05, 4.69) is 5.32 Å². The first-order valence-corrected chi connectivity index (χ1v) is 9.27. The molecule has 1 aliphatic rings. The largest absolute Gasteiger partial charge is 0.466 e. The summed E-state index contributed by atoms with van der Waals surface area (Å²) in [5.41, 5.74) is 0.473. The van der Waals surface area contributed by atoms with Gasteiger partial charge in [0.2, 0.25) is 11.8 Å². The van der Waals surface area contributed by atoms with E-state index >= 15 is 0 Å². The zero-order chi connectivity index (χ0) is 20.1. The fourth-order valence-corrected chi connectivity index (χ4v) is 3.52. The number of amides is 3. The summed E-state index contributed by atoms with van der Waals surface area (Å²) in [5.74, 6) is 0.595. The molecule has 27 heavy (non-hydrogen) atoms. The number of furan rings is 1. The Morgan fingerprint density at radius 1 is 1.30 bits per heavy atom. The molecule has 2 heterocycles. The van der Waals surface area contributed by atoms with Crippen LogP contribution in [0.2, 0.25) is 0 Å². The van der Waals surface area contributed by atoms with E-state index in [9.17, 15) is 14.4 Å². The topological polar surface area (TPSA) is 92.1 Å². The minimum absolute atomic E-state index is 0.0945. The highest BCUT2D eigenvalue weighted by Crippen LogP contribution is 2.22. The highest BCUT2D eigenvalue weighted by atomic mass is 16.5. The van der Waals surface area contributed by atoms with Crippen molar-refractivity contribution in [3.63, 3.8) is 0 Å². The van der Waals surface area contributed by atoms with E-state index in [0.29, 0.717) is 36.6 Å². The number of ether oxygens (including phenoxy) is 1. The lowest BCUT2D eigenvalue weighted by Gasteiger charge is -2.28. The second kappa shape index (κ2) is 9.03. The minimum atomic E-state index is -0.593. The summed E-state index contributed by atoms with van der Waals surface area (Å²) in [6.45, 7) is 8.65. The van der Waals surface area contributed by atoms with Gasteiger partial charge in [0.15, 0.2) is 0 Å². The van der Waals surface area contributed by atoms with Crippen molar-refractivity contribution < 1.29 is 23.5 Å². The van der Waals surface area contributed by atoms with Gasteiger partial charge in [0.25, 0.3) is 5.91 Å². The lowest BCUT2D eigenvalue weighted by Crippen LogP contribution is -2.48. The third-order valence-electron chi connectivity index (χ3n) is 4.87. The van der Waals surface area contributed by atoms with Crippen molar-refractivity contribution in [2.45, 2.75) is 46.2 Å². The second-order valence-corrected chi connectivity index (χ2v) is 6.74. The number of aryl methyl sites for hydroxylation is 2. The minimum Gasteiger partial charge on any atom is -0.466 e. The Kier molecular flexibility index (Phi) is 7.01. The molecule has 0 bridgehead atoms. The number of nitrogens with zero attached hydrogens (tertiary/aromatic N) is 2. The van der Waals surface area contributed by atoms with Gasteiger partial charge in [0.05, 0.1) is 5.56 Å². The summed E-state index contributed by atoms with van der Waals surface area (Å²) in [7, 11) is 1.44. The van der Waals surface area contributed by atoms with Crippen LogP contribution in [-0.4, -0.2) is 73.0 Å². The van der Waals surface area contributed by atoms with Crippen LogP contribution < -0.4 is 5.32 Å². The normalized spacial score (nSPS) is 19.2. The van der Waals surface area contributed by atoms with Gasteiger partial charge >= 0.3 is 0 Å². The van der Waals surface area contributed by atoms with Crippen molar-refractivity contribution in [3.05, 3.63) is 23.2 Å². The molecule has 1 aliphatic heterocycles. The molecule has 8 heteroatoms. The average molecular weight is 379 g/mol. The lowest BCUT2D eigenvalue weighted by atomic mass is 10.1. The van der Waals surface area contributed by atoms with E-state index < -0.39 is 6.04 Å². The van der Waals surface area contributed by atoms with Gasteiger partial charge in [-0.1, -0.05) is 0 Å². The maximum Gasteiger partial charge on any atom is 0.255 e. The zero-order valence-electron chi connectivity index (χ0n) is 16.7. The standard InChI is InChI=1S/C19H29N3O5/c1-6-21(7-2)19(25)16-9-14(10-22(16)17(23)11-26-5)20-18(24)15-8-12(3)27-13(15)4/h8,14,16H,6-7,9-11H2,1-5H3,(H,20,24)/t14-,16-/m0/s1. The van der Waals surface area contributed by atoms with Gasteiger partial charge in [-0.15, -0.1) is 0 Å². The van der Waals surface area contributed by atoms with E-state index in [1.807, 2.05) is 13.8 Å². The predicted octanol–water partition coefficient (Wildman–Crippen LogP) is 1.11. The van der Waals surface area contributed by atoms with Crippen LogP contribution in [0.4, 0.5) is 0 Å². The summed E-state index contributed by atoms with van der Waals surface area (Å²) in [4.78, 5) is 41.1. The maximum atomic E-state index is 12.8. The molecule has 0 unspecified atom stereocenters. The molecular weight excluding hydrogens is 350 g/mol. The van der Waals surface area contributed by atoms with E-state index in [1.54, 1.807) is 24.8 Å². The number of methoxy groups -OCH3 is 1. The lowest BCUT2D eigenvalue weighted by molar-refractivity contribution is -0.145. The van der Waals surface area contributed by atoms with E-state index in [-0.39, 0.29) is 36.9 Å². The van der Waals surface area contributed by atoms with Gasteiger partial charge in [0.1, 0.15) is 24.2 Å². The van der Waals surface area contributed by atoms with Crippen LogP contribution in [0, 0.1) is 13.8 Å². The third kappa shape index (κ3) is 4.68. The zero-order valence-corrected chi connectivity index (χ0v) is 16.7. The number of likely N-dealkylation sites (tertiary alicyclic amines) is 1. The molecule has 1 N–H and O–H groups in total. The van der Waals surface area contributed by atoms with Crippen LogP contribution in [-0.2, 0) is 14.3 Å². The fraction of sp³-hybridized carbons (Fsp3) is 0.632. The number of nitrogens with one attached hydrogen (secondary N) is 1. The molecule has 1 saturated heterocycles. The predicted molar refractivity (Wildman–Crippen MR) is 99.4 cm³/mol. The number of carbonyl (C=O) groups is 3. The Balaban J connectivity index is 2.15. The van der Waals surface area contributed by atoms with E-state index in [1.165, 1.54) is 12.0 Å². The summed E-state index contributed by atoms with van der Waals surface area (Å²) in [5, 5.41) is 2.93. The summed E-state index contributed by atoms with van der Waals surface area (Å²) in [6, 6.07) is 0.786. The molecule has 0 radical (unpaired) electrons. The first kappa shape index (κ1) is 21.0. The molecule has 2 rings (SSSR count). The number of hydrogen-bond donors (Lipinski definition) is 1. The maximum absolute atomic E-state index is 12.8. The number of carbonyl (C=O) groups excluding carboxylic acids is 3. The molecule has 1 aromatic heterocycles. The molecule has 150 valence electrons. The van der Waals surface area contributed by atoms with Crippen LogP contribution in [0.5, 0.6) is 0 Å². The highest BCUT2D eigenvalue weighted by Gasteiger charge is 2.41. The highest BCUT2D eigenvalue weighted by molar-refractivity contribution is 5.96. The average Bonchev–Trinajstić information content (AvgIpc) is 3.19. The molecule has 0 aliphatic carbocycles. The van der Waals surface area contributed by atoms with Crippen molar-refractivity contribution in [2.24, 2.45) is 0 Å². The first-order valence-electron chi connectivity index (χ1n) is 9.27. The van der Waals surface area contributed by atoms with Crippen molar-refractivity contribution in [2.75, 3.05) is 33.4 Å². The molecule has 0 saturated carbocycles. The van der Waals surface area contributed by atoms with Gasteiger partial charge in [0, 0.05) is 32.8 Å². The molecule has 1 fully saturated rings. The van der Waals surface area contributed by atoms with Crippen LogP contribution in [0.1, 0.15) is 42.1 Å². The fourth-order valence-electron chi connectivity index (χ4n) is 3.52. The van der Waals surface area contributed by atoms with Crippen LogP contribution in [0.25, 0.3) is 0 Å². The Morgan fingerprint density at radius 3 is 2.48 bits per heavy atom. The van der Waals surface area contributed by atoms with Gasteiger partial charge in [-0.2, -0.15) is 0 Å². The second-order valence-electron chi connectivity index (χ2n) is 6.74. The summed E-state index contributed by atoms with van der Waals surface area (Å²) in [6.07, 6.45) is 0.381. The molecule has 8 nitrogen and oxygen atoms in total. The number of rotatable bonds is 7. The van der Waals surface area contributed by atoms with Crippen molar-refractivity contribution in [1.82, 2.24) is 15.1 Å². The van der Waals surface area contributed by atoms with Crippen LogP contribution in [0.15, 0.2) is 10.5 Å². The van der Waals surface area contributed by atoms with Gasteiger partial charge in [-0.05, 0) is 40.2 Å². The monoisotopic (exact) mass is 379 g/mol. The Bertz CT molecular complexity index is 696. The van der Waals surface area contributed by atoms with Gasteiger partial charge in [-0.3, -0.25) is 14.4 Å². The molecule has 0 aromatic carbocycles. The van der Waals surface area contributed by atoms with Crippen LogP contribution >= 0.6 is 0 Å². The SMILES string of the molecule is CCN(CC)C(=O)[C@@H]1C[C@H](NC(=O)c2cc(C)oc2C)CN1C(=O)COC. The molecular formula is C19H29N3O5. The quantitative estimate of drug-likeness (QED) is 0.766. The third-order valence-corrected chi connectivity index (χ3v) is 4.87. The first-order chi connectivity index (χ1) is 12.8. The molecule has 3 amide bonds. The Hall–Kier alpha value is -2.35. The molecule has 0 spiro atoms.